The largest absolute Gasteiger partial charge is 0.756 e. The van der Waals surface area contributed by atoms with Gasteiger partial charge in [-0.1, -0.05) is 340 Å². The molecule has 0 rings (SSSR count). The van der Waals surface area contributed by atoms with Crippen LogP contribution in [0.3, 0.4) is 0 Å². The molecule has 0 aromatic rings. The first-order valence-electron chi connectivity index (χ1n) is 36.0. The summed E-state index contributed by atoms with van der Waals surface area (Å²) in [5, 5.41) is 0. The van der Waals surface area contributed by atoms with Crippen LogP contribution < -0.4 is 4.89 Å². The van der Waals surface area contributed by atoms with Crippen molar-refractivity contribution in [3.63, 3.8) is 0 Å². The van der Waals surface area contributed by atoms with Crippen LogP contribution >= 0.6 is 7.82 Å². The molecule has 0 bridgehead atoms. The van der Waals surface area contributed by atoms with Crippen molar-refractivity contribution >= 4 is 19.8 Å². The normalized spacial score (nSPS) is 13.2. The summed E-state index contributed by atoms with van der Waals surface area (Å²) < 4.78 is 34.3. The van der Waals surface area contributed by atoms with E-state index in [2.05, 4.69) is 38.2 Å². The fourth-order valence-corrected chi connectivity index (χ4v) is 11.7. The highest BCUT2D eigenvalue weighted by Crippen LogP contribution is 2.38. The number of carbonyl (C=O) groups excluding carboxylic acids is 2. The van der Waals surface area contributed by atoms with E-state index in [1.807, 2.05) is 21.1 Å². The Balaban J connectivity index is 3.96. The van der Waals surface area contributed by atoms with Crippen LogP contribution in [0.4, 0.5) is 0 Å². The van der Waals surface area contributed by atoms with Crippen LogP contribution in [0.25, 0.3) is 0 Å². The quantitative estimate of drug-likeness (QED) is 0.0195. The van der Waals surface area contributed by atoms with Gasteiger partial charge < -0.3 is 27.9 Å². The van der Waals surface area contributed by atoms with Gasteiger partial charge in [0.1, 0.15) is 19.8 Å². The second-order valence-electron chi connectivity index (χ2n) is 26.0. The van der Waals surface area contributed by atoms with Crippen LogP contribution in [-0.4, -0.2) is 70.0 Å². The van der Waals surface area contributed by atoms with E-state index in [0.29, 0.717) is 17.4 Å². The second kappa shape index (κ2) is 64.0. The van der Waals surface area contributed by atoms with Gasteiger partial charge in [-0.2, -0.15) is 0 Å². The number of likely N-dealkylation sites (N-methyl/N-ethyl adjacent to an activating group) is 1. The van der Waals surface area contributed by atoms with Gasteiger partial charge in [0.15, 0.2) is 6.10 Å². The summed E-state index contributed by atoms with van der Waals surface area (Å²) in [5.74, 6) is -0.812. The van der Waals surface area contributed by atoms with Crippen LogP contribution in [0.15, 0.2) is 24.3 Å². The molecule has 0 aliphatic carbocycles. The van der Waals surface area contributed by atoms with E-state index in [1.165, 1.54) is 295 Å². The van der Waals surface area contributed by atoms with Gasteiger partial charge in [-0.05, 0) is 44.9 Å². The Kier molecular flexibility index (Phi) is 62.8. The van der Waals surface area contributed by atoms with Gasteiger partial charge in [0, 0.05) is 12.8 Å². The van der Waals surface area contributed by atoms with Crippen molar-refractivity contribution in [3.8, 4) is 0 Å². The highest BCUT2D eigenvalue weighted by Gasteiger charge is 2.22. The number of rotatable bonds is 68. The van der Waals surface area contributed by atoms with Gasteiger partial charge in [-0.15, -0.1) is 0 Å². The molecular weight excluding hydrogens is 1040 g/mol. The first kappa shape index (κ1) is 80.5. The zero-order valence-corrected chi connectivity index (χ0v) is 56.4. The van der Waals surface area contributed by atoms with Crippen molar-refractivity contribution in [2.75, 3.05) is 47.5 Å². The Morgan fingerprint density at radius 3 is 0.963 bits per heavy atom. The lowest BCUT2D eigenvalue weighted by Gasteiger charge is -2.28. The summed E-state index contributed by atoms with van der Waals surface area (Å²) in [7, 11) is 1.19. The number of phosphoric acid groups is 1. The van der Waals surface area contributed by atoms with E-state index in [-0.39, 0.29) is 32.0 Å². The lowest BCUT2D eigenvalue weighted by atomic mass is 10.0. The van der Waals surface area contributed by atoms with Crippen LogP contribution in [0.5, 0.6) is 0 Å². The third-order valence-corrected chi connectivity index (χ3v) is 17.4. The smallest absolute Gasteiger partial charge is 0.306 e. The van der Waals surface area contributed by atoms with E-state index < -0.39 is 26.5 Å². The van der Waals surface area contributed by atoms with Gasteiger partial charge >= 0.3 is 11.9 Å². The standard InChI is InChI=1S/C72H140NO8P/c1-6-8-10-12-14-16-18-20-22-24-26-28-30-32-33-34-35-36-37-38-39-41-42-44-46-48-50-52-54-56-58-60-62-64-71(74)78-68-70(69-80-82(76,77)79-67-66-73(3,4)5)81-72(75)65-63-61-59-57-55-53-51-49-47-45-43-40-31-29-27-25-23-21-19-17-15-13-11-9-7-2/h19,21,25,27,70H,6-18,20,22-24,26,28-69H2,1-5H3/b21-19-,27-25-. The lowest BCUT2D eigenvalue weighted by Crippen LogP contribution is -2.37. The summed E-state index contributed by atoms with van der Waals surface area (Å²) in [6.07, 6.45) is 79.9. The summed E-state index contributed by atoms with van der Waals surface area (Å²) >= 11 is 0. The summed E-state index contributed by atoms with van der Waals surface area (Å²) in [4.78, 5) is 38.1. The predicted molar refractivity (Wildman–Crippen MR) is 351 cm³/mol. The minimum absolute atomic E-state index is 0.0277. The molecule has 0 saturated heterocycles. The maximum atomic E-state index is 12.9. The van der Waals surface area contributed by atoms with Crippen LogP contribution in [-0.2, 0) is 32.7 Å². The number of nitrogens with zero attached hydrogens (tertiary/aromatic N) is 1. The van der Waals surface area contributed by atoms with Crippen LogP contribution in [0.2, 0.25) is 0 Å². The van der Waals surface area contributed by atoms with Crippen LogP contribution in [0.1, 0.15) is 373 Å². The molecule has 0 heterocycles. The number of esters is 2. The third kappa shape index (κ3) is 67.6. The molecule has 0 saturated carbocycles. The molecule has 0 aliphatic rings. The molecule has 2 atom stereocenters. The molecule has 0 fully saturated rings. The molecule has 82 heavy (non-hydrogen) atoms. The Morgan fingerprint density at radius 2 is 0.659 bits per heavy atom. The number of phosphoric ester groups is 1. The summed E-state index contributed by atoms with van der Waals surface area (Å²) in [6, 6.07) is 0. The van der Waals surface area contributed by atoms with Crippen molar-refractivity contribution in [2.24, 2.45) is 0 Å². The summed E-state index contributed by atoms with van der Waals surface area (Å²) in [5.41, 5.74) is 0. The molecule has 0 aromatic heterocycles. The van der Waals surface area contributed by atoms with Gasteiger partial charge in [-0.3, -0.25) is 14.2 Å². The molecule has 486 valence electrons. The van der Waals surface area contributed by atoms with Gasteiger partial charge in [0.25, 0.3) is 7.82 Å². The number of hydrogen-bond donors (Lipinski definition) is 0. The zero-order valence-electron chi connectivity index (χ0n) is 55.5. The second-order valence-corrected chi connectivity index (χ2v) is 27.4. The van der Waals surface area contributed by atoms with Crippen molar-refractivity contribution < 1.29 is 42.1 Å². The predicted octanol–water partition coefficient (Wildman–Crippen LogP) is 22.6. The minimum atomic E-state index is -4.64. The fourth-order valence-electron chi connectivity index (χ4n) is 10.9. The van der Waals surface area contributed by atoms with Crippen molar-refractivity contribution in [1.82, 2.24) is 0 Å². The van der Waals surface area contributed by atoms with Gasteiger partial charge in [-0.25, -0.2) is 0 Å². The average Bonchev–Trinajstić information content (AvgIpc) is 3.46. The first-order chi connectivity index (χ1) is 40.0. The molecular formula is C72H140NO8P. The SMILES string of the molecule is CCCCCCC/C=C\C/C=C\CCCCCCCCCCCCCCCC(=O)OC(COC(=O)CCCCCCCCCCCCCCCCCCCCCCCCCCCCCCCCCCC)COP(=O)([O-])OCC[N+](C)(C)C. The number of carbonyl (C=O) groups is 2. The van der Waals surface area contributed by atoms with Crippen molar-refractivity contribution in [2.45, 2.75) is 380 Å². The van der Waals surface area contributed by atoms with Crippen molar-refractivity contribution in [3.05, 3.63) is 24.3 Å². The molecule has 9 nitrogen and oxygen atoms in total. The number of allylic oxidation sites excluding steroid dienone is 4. The van der Waals surface area contributed by atoms with E-state index in [1.54, 1.807) is 0 Å². The molecule has 0 amide bonds. The topological polar surface area (TPSA) is 111 Å². The number of quaternary nitrogens is 1. The molecule has 0 radical (unpaired) electrons. The van der Waals surface area contributed by atoms with Gasteiger partial charge in [0.05, 0.1) is 27.7 Å². The lowest BCUT2D eigenvalue weighted by molar-refractivity contribution is -0.870. The zero-order chi connectivity index (χ0) is 59.8. The van der Waals surface area contributed by atoms with E-state index in [9.17, 15) is 19.0 Å². The Labute approximate surface area is 510 Å². The van der Waals surface area contributed by atoms with E-state index in [4.69, 9.17) is 18.5 Å². The van der Waals surface area contributed by atoms with Crippen LogP contribution in [0, 0.1) is 0 Å². The van der Waals surface area contributed by atoms with E-state index in [0.717, 1.165) is 44.9 Å². The summed E-state index contributed by atoms with van der Waals surface area (Å²) in [6.45, 7) is 4.31. The highest BCUT2D eigenvalue weighted by molar-refractivity contribution is 7.45. The molecule has 2 unspecified atom stereocenters. The molecule has 0 aliphatic heterocycles. The van der Waals surface area contributed by atoms with Gasteiger partial charge in [0.2, 0.25) is 0 Å². The number of unbranched alkanes of at least 4 members (excludes halogenated alkanes) is 50. The number of hydrogen-bond acceptors (Lipinski definition) is 8. The first-order valence-corrected chi connectivity index (χ1v) is 37.5. The van der Waals surface area contributed by atoms with E-state index >= 15 is 0 Å². The maximum absolute atomic E-state index is 12.9. The highest BCUT2D eigenvalue weighted by atomic mass is 31.2. The Bertz CT molecular complexity index is 1430. The monoisotopic (exact) mass is 1180 g/mol. The average molecular weight is 1180 g/mol. The van der Waals surface area contributed by atoms with Crippen molar-refractivity contribution in [1.29, 1.82) is 0 Å². The Hall–Kier alpha value is -1.51. The maximum Gasteiger partial charge on any atom is 0.306 e. The molecule has 0 spiro atoms. The molecule has 0 N–H and O–H groups in total. The molecule has 10 heteroatoms. The molecule has 0 aromatic carbocycles. The Morgan fingerprint density at radius 1 is 0.378 bits per heavy atom. The number of ether oxygens (including phenoxy) is 2. The fraction of sp³-hybridized carbons (Fsp3) is 0.917. The third-order valence-electron chi connectivity index (χ3n) is 16.5. The minimum Gasteiger partial charge on any atom is -0.756 e.